The molecule has 1 N–H and O–H groups in total. The van der Waals surface area contributed by atoms with Gasteiger partial charge in [0.15, 0.2) is 0 Å². The van der Waals surface area contributed by atoms with Crippen LogP contribution in [0.4, 0.5) is 4.39 Å². The smallest absolute Gasteiger partial charge is 0.132 e. The lowest BCUT2D eigenvalue weighted by atomic mass is 10.1. The number of nitrogens with zero attached hydrogens (tertiary/aromatic N) is 2. The van der Waals surface area contributed by atoms with E-state index in [9.17, 15) is 9.50 Å². The van der Waals surface area contributed by atoms with Gasteiger partial charge in [-0.2, -0.15) is 5.10 Å². The van der Waals surface area contributed by atoms with Crippen molar-refractivity contribution in [2.24, 2.45) is 0 Å². The number of ether oxygens (including phenoxy) is 1. The van der Waals surface area contributed by atoms with Crippen molar-refractivity contribution in [2.45, 2.75) is 40.0 Å². The van der Waals surface area contributed by atoms with Gasteiger partial charge in [0.25, 0.3) is 0 Å². The third-order valence-electron chi connectivity index (χ3n) is 3.25. The fourth-order valence-electron chi connectivity index (χ4n) is 2.10. The van der Waals surface area contributed by atoms with E-state index < -0.39 is 11.9 Å². The minimum Gasteiger partial charge on any atom is -0.487 e. The number of aromatic nitrogens is 2. The summed E-state index contributed by atoms with van der Waals surface area (Å²) >= 11 is 3.49. The molecular formula is C15H18BrFN2O2. The number of aryl methyl sites for hydroxylation is 2. The van der Waals surface area contributed by atoms with Crippen LogP contribution in [0.25, 0.3) is 0 Å². The van der Waals surface area contributed by atoms with Gasteiger partial charge >= 0.3 is 0 Å². The SMILES string of the molecule is CCn1nc(C)c(Br)c1COc1ccc([C@@H](C)O)c(F)c1. The van der Waals surface area contributed by atoms with Crippen molar-refractivity contribution in [3.63, 3.8) is 0 Å². The van der Waals surface area contributed by atoms with Gasteiger partial charge in [-0.05, 0) is 48.8 Å². The Balaban J connectivity index is 2.15. The summed E-state index contributed by atoms with van der Waals surface area (Å²) in [5.41, 5.74) is 2.07. The number of benzene rings is 1. The van der Waals surface area contributed by atoms with E-state index in [0.717, 1.165) is 22.4 Å². The molecule has 1 aromatic heterocycles. The first-order chi connectivity index (χ1) is 9.93. The number of rotatable bonds is 5. The van der Waals surface area contributed by atoms with Crippen molar-refractivity contribution in [1.29, 1.82) is 0 Å². The second kappa shape index (κ2) is 6.58. The molecule has 0 aliphatic heterocycles. The predicted octanol–water partition coefficient (Wildman–Crippen LogP) is 3.75. The Morgan fingerprint density at radius 2 is 2.19 bits per heavy atom. The fraction of sp³-hybridized carbons (Fsp3) is 0.400. The Kier molecular flexibility index (Phi) is 5.00. The molecule has 2 rings (SSSR count). The van der Waals surface area contributed by atoms with Gasteiger partial charge < -0.3 is 9.84 Å². The van der Waals surface area contributed by atoms with Crippen LogP contribution in [0.5, 0.6) is 5.75 Å². The zero-order valence-electron chi connectivity index (χ0n) is 12.2. The molecule has 0 saturated heterocycles. The Labute approximate surface area is 131 Å². The van der Waals surface area contributed by atoms with Crippen molar-refractivity contribution in [1.82, 2.24) is 9.78 Å². The zero-order valence-corrected chi connectivity index (χ0v) is 13.8. The van der Waals surface area contributed by atoms with Gasteiger partial charge in [0, 0.05) is 18.2 Å². The molecule has 1 atom stereocenters. The highest BCUT2D eigenvalue weighted by Crippen LogP contribution is 2.25. The fourth-order valence-corrected chi connectivity index (χ4v) is 2.49. The van der Waals surface area contributed by atoms with E-state index in [1.165, 1.54) is 19.1 Å². The molecule has 0 fully saturated rings. The quantitative estimate of drug-likeness (QED) is 0.887. The average Bonchev–Trinajstić information content (AvgIpc) is 2.71. The van der Waals surface area contributed by atoms with Crippen LogP contribution < -0.4 is 4.74 Å². The summed E-state index contributed by atoms with van der Waals surface area (Å²) in [5, 5.41) is 13.8. The van der Waals surface area contributed by atoms with Crippen LogP contribution in [-0.4, -0.2) is 14.9 Å². The van der Waals surface area contributed by atoms with Crippen LogP contribution in [0.1, 0.15) is 36.9 Å². The molecule has 0 aliphatic rings. The van der Waals surface area contributed by atoms with Crippen molar-refractivity contribution < 1.29 is 14.2 Å². The second-order valence-corrected chi connectivity index (χ2v) is 5.60. The Bertz CT molecular complexity index is 641. The Morgan fingerprint density at radius 3 is 2.76 bits per heavy atom. The molecule has 4 nitrogen and oxygen atoms in total. The van der Waals surface area contributed by atoms with E-state index >= 15 is 0 Å². The molecule has 1 heterocycles. The number of aliphatic hydroxyl groups excluding tert-OH is 1. The maximum Gasteiger partial charge on any atom is 0.132 e. The average molecular weight is 357 g/mol. The topological polar surface area (TPSA) is 47.3 Å². The molecule has 6 heteroatoms. The van der Waals surface area contributed by atoms with Gasteiger partial charge in [-0.3, -0.25) is 4.68 Å². The molecule has 21 heavy (non-hydrogen) atoms. The molecule has 0 amide bonds. The maximum absolute atomic E-state index is 13.8. The highest BCUT2D eigenvalue weighted by atomic mass is 79.9. The molecule has 0 unspecified atom stereocenters. The molecule has 2 aromatic rings. The molecule has 114 valence electrons. The molecular weight excluding hydrogens is 339 g/mol. The first-order valence-electron chi connectivity index (χ1n) is 6.76. The Hall–Kier alpha value is -1.40. The maximum atomic E-state index is 13.8. The minimum atomic E-state index is -0.836. The first-order valence-corrected chi connectivity index (χ1v) is 7.55. The van der Waals surface area contributed by atoms with Crippen molar-refractivity contribution in [2.75, 3.05) is 0 Å². The van der Waals surface area contributed by atoms with Gasteiger partial charge in [0.2, 0.25) is 0 Å². The lowest BCUT2D eigenvalue weighted by Crippen LogP contribution is -2.07. The van der Waals surface area contributed by atoms with Crippen LogP contribution >= 0.6 is 15.9 Å². The van der Waals surface area contributed by atoms with Gasteiger partial charge in [0.05, 0.1) is 22.0 Å². The summed E-state index contributed by atoms with van der Waals surface area (Å²) in [5.74, 6) is -0.0490. The molecule has 0 spiro atoms. The van der Waals surface area contributed by atoms with Crippen molar-refractivity contribution in [3.05, 3.63) is 45.4 Å². The summed E-state index contributed by atoms with van der Waals surface area (Å²) < 4.78 is 22.2. The van der Waals surface area contributed by atoms with Crippen molar-refractivity contribution in [3.8, 4) is 5.75 Å². The summed E-state index contributed by atoms with van der Waals surface area (Å²) in [7, 11) is 0. The highest BCUT2D eigenvalue weighted by Gasteiger charge is 2.14. The molecule has 1 aromatic carbocycles. The van der Waals surface area contributed by atoms with Crippen LogP contribution in [-0.2, 0) is 13.2 Å². The number of hydrogen-bond acceptors (Lipinski definition) is 3. The third-order valence-corrected chi connectivity index (χ3v) is 4.28. The monoisotopic (exact) mass is 356 g/mol. The largest absolute Gasteiger partial charge is 0.487 e. The number of aliphatic hydroxyl groups is 1. The molecule has 0 aliphatic carbocycles. The van der Waals surface area contributed by atoms with E-state index in [1.807, 2.05) is 18.5 Å². The lowest BCUT2D eigenvalue weighted by Gasteiger charge is -2.11. The van der Waals surface area contributed by atoms with Gasteiger partial charge in [-0.1, -0.05) is 0 Å². The molecule has 0 saturated carbocycles. The summed E-state index contributed by atoms with van der Waals surface area (Å²) in [6.45, 7) is 6.47. The molecule has 0 bridgehead atoms. The highest BCUT2D eigenvalue weighted by molar-refractivity contribution is 9.10. The van der Waals surface area contributed by atoms with E-state index in [0.29, 0.717) is 12.4 Å². The van der Waals surface area contributed by atoms with E-state index in [1.54, 1.807) is 6.07 Å². The number of hydrogen-bond donors (Lipinski definition) is 1. The van der Waals surface area contributed by atoms with Crippen LogP contribution in [0, 0.1) is 12.7 Å². The zero-order chi connectivity index (χ0) is 15.6. The van der Waals surface area contributed by atoms with Gasteiger partial charge in [-0.25, -0.2) is 4.39 Å². The summed E-state index contributed by atoms with van der Waals surface area (Å²) in [4.78, 5) is 0. The van der Waals surface area contributed by atoms with Crippen LogP contribution in [0.2, 0.25) is 0 Å². The lowest BCUT2D eigenvalue weighted by molar-refractivity contribution is 0.193. The summed E-state index contributed by atoms with van der Waals surface area (Å²) in [6.07, 6.45) is -0.836. The van der Waals surface area contributed by atoms with E-state index in [-0.39, 0.29) is 5.56 Å². The third kappa shape index (κ3) is 3.44. The van der Waals surface area contributed by atoms with E-state index in [4.69, 9.17) is 4.74 Å². The van der Waals surface area contributed by atoms with Gasteiger partial charge in [0.1, 0.15) is 18.2 Å². The van der Waals surface area contributed by atoms with Gasteiger partial charge in [-0.15, -0.1) is 0 Å². The first kappa shape index (κ1) is 16.0. The second-order valence-electron chi connectivity index (χ2n) is 4.81. The summed E-state index contributed by atoms with van der Waals surface area (Å²) in [6, 6.07) is 4.47. The van der Waals surface area contributed by atoms with E-state index in [2.05, 4.69) is 21.0 Å². The minimum absolute atomic E-state index is 0.262. The predicted molar refractivity (Wildman–Crippen MR) is 81.7 cm³/mol. The van der Waals surface area contributed by atoms with Crippen LogP contribution in [0.15, 0.2) is 22.7 Å². The van der Waals surface area contributed by atoms with Crippen molar-refractivity contribution >= 4 is 15.9 Å². The normalized spacial score (nSPS) is 12.5. The van der Waals surface area contributed by atoms with Crippen LogP contribution in [0.3, 0.4) is 0 Å². The standard InChI is InChI=1S/C15H18BrFN2O2/c1-4-19-14(15(16)9(2)18-19)8-21-11-5-6-12(10(3)20)13(17)7-11/h5-7,10,20H,4,8H2,1-3H3/t10-/m1/s1. The molecule has 0 radical (unpaired) electrons. The Morgan fingerprint density at radius 1 is 1.48 bits per heavy atom. The number of halogens is 2.